The van der Waals surface area contributed by atoms with Gasteiger partial charge in [0.25, 0.3) is 0 Å². The summed E-state index contributed by atoms with van der Waals surface area (Å²) >= 11 is 0. The lowest BCUT2D eigenvalue weighted by atomic mass is 10.1. The molecule has 1 unspecified atom stereocenters. The highest BCUT2D eigenvalue weighted by Gasteiger charge is 2.18. The van der Waals surface area contributed by atoms with Crippen molar-refractivity contribution in [1.29, 1.82) is 0 Å². The molecule has 1 heterocycles. The zero-order valence-corrected chi connectivity index (χ0v) is 10.4. The van der Waals surface area contributed by atoms with Gasteiger partial charge in [0.1, 0.15) is 0 Å². The van der Waals surface area contributed by atoms with Crippen molar-refractivity contribution in [2.75, 3.05) is 26.0 Å². The lowest BCUT2D eigenvalue weighted by molar-refractivity contribution is 0.00951. The number of rotatable bonds is 5. The molecule has 0 N–H and O–H groups in total. The third-order valence-electron chi connectivity index (χ3n) is 2.88. The molecule has 90 valence electrons. The number of hydrogen-bond donors (Lipinski definition) is 0. The maximum Gasteiger partial charge on any atom is 0.213 e. The minimum Gasteiger partial charge on any atom is -0.378 e. The summed E-state index contributed by atoms with van der Waals surface area (Å²) in [6.45, 7) is 3.07. The Labute approximate surface area is 92.7 Å². The van der Waals surface area contributed by atoms with E-state index in [1.54, 1.807) is 14.0 Å². The molecule has 0 aromatic carbocycles. The van der Waals surface area contributed by atoms with Crippen LogP contribution in [-0.2, 0) is 14.8 Å². The van der Waals surface area contributed by atoms with E-state index in [9.17, 15) is 8.42 Å². The normalized spacial score (nSPS) is 23.3. The average Bonchev–Trinajstić information content (AvgIpc) is 2.27. The quantitative estimate of drug-likeness (QED) is 0.720. The highest BCUT2D eigenvalue weighted by Crippen LogP contribution is 2.16. The molecule has 0 spiro atoms. The lowest BCUT2D eigenvalue weighted by Crippen LogP contribution is -2.32. The van der Waals surface area contributed by atoms with Crippen LogP contribution in [0.5, 0.6) is 0 Å². The van der Waals surface area contributed by atoms with Gasteiger partial charge in [-0.15, -0.1) is 0 Å². The van der Waals surface area contributed by atoms with Gasteiger partial charge >= 0.3 is 0 Å². The molecule has 0 saturated carbocycles. The first-order valence-corrected chi connectivity index (χ1v) is 7.23. The molecule has 5 heteroatoms. The first kappa shape index (κ1) is 12.9. The molecule has 1 atom stereocenters. The van der Waals surface area contributed by atoms with Crippen LogP contribution in [0.15, 0.2) is 0 Å². The molecule has 1 aliphatic rings. The first-order valence-electron chi connectivity index (χ1n) is 5.62. The van der Waals surface area contributed by atoms with Crippen LogP contribution in [0.2, 0.25) is 0 Å². The molecule has 1 rings (SSSR count). The van der Waals surface area contributed by atoms with Crippen molar-refractivity contribution in [2.45, 2.75) is 38.7 Å². The van der Waals surface area contributed by atoms with Crippen molar-refractivity contribution in [3.8, 4) is 0 Å². The summed E-state index contributed by atoms with van der Waals surface area (Å²) in [5, 5.41) is 0. The van der Waals surface area contributed by atoms with Crippen LogP contribution in [0.25, 0.3) is 0 Å². The van der Waals surface area contributed by atoms with Gasteiger partial charge in [0.2, 0.25) is 10.0 Å². The molecule has 0 bridgehead atoms. The predicted molar refractivity (Wildman–Crippen MR) is 60.3 cm³/mol. The van der Waals surface area contributed by atoms with Crippen LogP contribution in [0.3, 0.4) is 0 Å². The summed E-state index contributed by atoms with van der Waals surface area (Å²) in [4.78, 5) is 0. The van der Waals surface area contributed by atoms with Crippen molar-refractivity contribution in [3.63, 3.8) is 0 Å². The van der Waals surface area contributed by atoms with E-state index in [0.29, 0.717) is 6.54 Å². The molecule has 1 fully saturated rings. The fraction of sp³-hybridized carbons (Fsp3) is 1.00. The Kier molecular flexibility index (Phi) is 5.02. The predicted octanol–water partition coefficient (Wildman–Crippen LogP) is 1.23. The second-order valence-electron chi connectivity index (χ2n) is 4.00. The van der Waals surface area contributed by atoms with E-state index >= 15 is 0 Å². The Morgan fingerprint density at radius 3 is 2.67 bits per heavy atom. The Morgan fingerprint density at radius 1 is 1.40 bits per heavy atom. The van der Waals surface area contributed by atoms with E-state index < -0.39 is 10.0 Å². The van der Waals surface area contributed by atoms with Gasteiger partial charge in [0.05, 0.1) is 11.9 Å². The van der Waals surface area contributed by atoms with Crippen LogP contribution in [0, 0.1) is 0 Å². The van der Waals surface area contributed by atoms with Gasteiger partial charge in [-0.1, -0.05) is 0 Å². The summed E-state index contributed by atoms with van der Waals surface area (Å²) in [6, 6.07) is 0. The molecule has 1 aliphatic heterocycles. The summed E-state index contributed by atoms with van der Waals surface area (Å²) in [6.07, 6.45) is 4.48. The third-order valence-corrected chi connectivity index (χ3v) is 4.74. The van der Waals surface area contributed by atoms with E-state index in [0.717, 1.165) is 25.9 Å². The van der Waals surface area contributed by atoms with Gasteiger partial charge in [-0.3, -0.25) is 0 Å². The van der Waals surface area contributed by atoms with Gasteiger partial charge in [0.15, 0.2) is 0 Å². The van der Waals surface area contributed by atoms with Crippen LogP contribution >= 0.6 is 0 Å². The second kappa shape index (κ2) is 5.82. The Morgan fingerprint density at radius 2 is 2.13 bits per heavy atom. The maximum absolute atomic E-state index is 11.5. The second-order valence-corrected chi connectivity index (χ2v) is 6.36. The van der Waals surface area contributed by atoms with Crippen molar-refractivity contribution in [2.24, 2.45) is 0 Å². The van der Waals surface area contributed by atoms with Crippen LogP contribution in [-0.4, -0.2) is 44.8 Å². The molecule has 4 nitrogen and oxygen atoms in total. The number of nitrogens with zero attached hydrogens (tertiary/aromatic N) is 1. The summed E-state index contributed by atoms with van der Waals surface area (Å²) in [7, 11) is -1.38. The zero-order chi connectivity index (χ0) is 11.3. The average molecular weight is 235 g/mol. The maximum atomic E-state index is 11.5. The van der Waals surface area contributed by atoms with Gasteiger partial charge in [-0.25, -0.2) is 12.7 Å². The van der Waals surface area contributed by atoms with Crippen LogP contribution in [0.1, 0.15) is 32.6 Å². The largest absolute Gasteiger partial charge is 0.378 e. The van der Waals surface area contributed by atoms with E-state index in [1.165, 1.54) is 10.7 Å². The van der Waals surface area contributed by atoms with Crippen molar-refractivity contribution >= 4 is 10.0 Å². The zero-order valence-electron chi connectivity index (χ0n) is 9.61. The summed E-state index contributed by atoms with van der Waals surface area (Å²) < 4.78 is 29.9. The van der Waals surface area contributed by atoms with Gasteiger partial charge in [-0.05, 0) is 32.6 Å². The molecule has 0 amide bonds. The van der Waals surface area contributed by atoms with Crippen LogP contribution in [0.4, 0.5) is 0 Å². The number of hydrogen-bond acceptors (Lipinski definition) is 3. The van der Waals surface area contributed by atoms with E-state index in [-0.39, 0.29) is 11.9 Å². The topological polar surface area (TPSA) is 46.6 Å². The molecule has 0 aromatic rings. The van der Waals surface area contributed by atoms with E-state index in [4.69, 9.17) is 4.74 Å². The Bertz CT molecular complexity index is 270. The first-order chi connectivity index (χ1) is 7.06. The highest BCUT2D eigenvalue weighted by atomic mass is 32.2. The monoisotopic (exact) mass is 235 g/mol. The standard InChI is InChI=1S/C10H21NO3S/c1-3-15(12,13)11(2)8-7-10-6-4-5-9-14-10/h10H,3-9H2,1-2H3. The van der Waals surface area contributed by atoms with E-state index in [1.807, 2.05) is 0 Å². The van der Waals surface area contributed by atoms with Gasteiger partial charge in [0, 0.05) is 20.2 Å². The fourth-order valence-corrected chi connectivity index (χ4v) is 2.54. The minimum absolute atomic E-state index is 0.176. The van der Waals surface area contributed by atoms with Gasteiger partial charge < -0.3 is 4.74 Å². The Balaban J connectivity index is 2.30. The summed E-state index contributed by atoms with van der Waals surface area (Å²) in [5.74, 6) is 0.176. The molecular weight excluding hydrogens is 214 g/mol. The molecule has 0 aromatic heterocycles. The van der Waals surface area contributed by atoms with Crippen molar-refractivity contribution in [1.82, 2.24) is 4.31 Å². The van der Waals surface area contributed by atoms with Crippen molar-refractivity contribution < 1.29 is 13.2 Å². The van der Waals surface area contributed by atoms with Crippen LogP contribution < -0.4 is 0 Å². The highest BCUT2D eigenvalue weighted by molar-refractivity contribution is 7.89. The molecular formula is C10H21NO3S. The van der Waals surface area contributed by atoms with Gasteiger partial charge in [-0.2, -0.15) is 0 Å². The SMILES string of the molecule is CCS(=O)(=O)N(C)CCC1CCCCO1. The Hall–Kier alpha value is -0.130. The van der Waals surface area contributed by atoms with Crippen molar-refractivity contribution in [3.05, 3.63) is 0 Å². The lowest BCUT2D eigenvalue weighted by Gasteiger charge is -2.24. The third kappa shape index (κ3) is 4.09. The minimum atomic E-state index is -3.02. The number of sulfonamides is 1. The molecule has 15 heavy (non-hydrogen) atoms. The number of ether oxygens (including phenoxy) is 1. The summed E-state index contributed by atoms with van der Waals surface area (Å²) in [5.41, 5.74) is 0. The van der Waals surface area contributed by atoms with E-state index in [2.05, 4.69) is 0 Å². The smallest absolute Gasteiger partial charge is 0.213 e. The fourth-order valence-electron chi connectivity index (χ4n) is 1.72. The molecule has 0 radical (unpaired) electrons. The molecule has 0 aliphatic carbocycles. The molecule has 1 saturated heterocycles.